The van der Waals surface area contributed by atoms with E-state index >= 15 is 0 Å². The van der Waals surface area contributed by atoms with Crippen molar-refractivity contribution in [3.63, 3.8) is 0 Å². The van der Waals surface area contributed by atoms with Crippen LogP contribution in [0.3, 0.4) is 0 Å². The predicted molar refractivity (Wildman–Crippen MR) is 107 cm³/mol. The molecule has 4 nitrogen and oxygen atoms in total. The summed E-state index contributed by atoms with van der Waals surface area (Å²) in [6.45, 7) is 4.08. The van der Waals surface area contributed by atoms with E-state index < -0.39 is 0 Å². The van der Waals surface area contributed by atoms with Gasteiger partial charge in [-0.2, -0.15) is 0 Å². The van der Waals surface area contributed by atoms with Crippen LogP contribution in [0, 0.1) is 6.92 Å². The molecular weight excluding hydrogens is 400 g/mol. The molecular formula is C19H21BrN2O2S. The average molecular weight is 421 g/mol. The third-order valence-electron chi connectivity index (χ3n) is 3.66. The first-order chi connectivity index (χ1) is 11.8. The van der Waals surface area contributed by atoms with Crippen molar-refractivity contribution in [1.29, 1.82) is 0 Å². The molecule has 1 N–H and O–H groups in total. The third-order valence-corrected chi connectivity index (χ3v) is 5.33. The van der Waals surface area contributed by atoms with E-state index in [-0.39, 0.29) is 11.8 Å². The molecule has 0 atom stereocenters. The van der Waals surface area contributed by atoms with Gasteiger partial charge in [0.1, 0.15) is 0 Å². The molecule has 0 spiro atoms. The van der Waals surface area contributed by atoms with Crippen LogP contribution in [-0.4, -0.2) is 29.5 Å². The second kappa shape index (κ2) is 9.06. The van der Waals surface area contributed by atoms with Crippen LogP contribution >= 0.6 is 27.7 Å². The van der Waals surface area contributed by atoms with Gasteiger partial charge in [-0.1, -0.05) is 28.1 Å². The van der Waals surface area contributed by atoms with Gasteiger partial charge in [-0.3, -0.25) is 9.59 Å². The minimum atomic E-state index is -0.0515. The maximum Gasteiger partial charge on any atom is 0.234 e. The number of nitrogens with one attached hydrogen (secondary N) is 1. The zero-order chi connectivity index (χ0) is 18.4. The van der Waals surface area contributed by atoms with E-state index in [1.807, 2.05) is 49.4 Å². The number of carbonyl (C=O) groups is 2. The van der Waals surface area contributed by atoms with Crippen molar-refractivity contribution in [3.05, 3.63) is 58.1 Å². The third kappa shape index (κ3) is 6.21. The standard InChI is InChI=1S/C19H21BrN2O2S/c1-13-9-16(20)7-8-18(13)25-12-19(24)21-17-6-4-5-15(10-17)11-22(3)14(2)23/h4-10H,11-12H2,1-3H3,(H,21,24). The molecule has 0 aliphatic heterocycles. The van der Waals surface area contributed by atoms with Crippen LogP contribution in [0.5, 0.6) is 0 Å². The van der Waals surface area contributed by atoms with Crippen LogP contribution < -0.4 is 5.32 Å². The van der Waals surface area contributed by atoms with Crippen molar-refractivity contribution in [3.8, 4) is 0 Å². The van der Waals surface area contributed by atoms with Crippen molar-refractivity contribution in [1.82, 2.24) is 4.90 Å². The SMILES string of the molecule is CC(=O)N(C)Cc1cccc(NC(=O)CSc2ccc(Br)cc2C)c1. The lowest BCUT2D eigenvalue weighted by Gasteiger charge is -2.15. The minimum Gasteiger partial charge on any atom is -0.342 e. The molecule has 2 aromatic carbocycles. The molecule has 6 heteroatoms. The number of carbonyl (C=O) groups excluding carboxylic acids is 2. The van der Waals surface area contributed by atoms with E-state index in [0.29, 0.717) is 12.3 Å². The van der Waals surface area contributed by atoms with E-state index in [4.69, 9.17) is 0 Å². The molecule has 132 valence electrons. The lowest BCUT2D eigenvalue weighted by atomic mass is 10.2. The zero-order valence-electron chi connectivity index (χ0n) is 14.5. The van der Waals surface area contributed by atoms with E-state index in [2.05, 4.69) is 21.2 Å². The number of anilines is 1. The summed E-state index contributed by atoms with van der Waals surface area (Å²) in [5.74, 6) is 0.306. The molecule has 2 rings (SSSR count). The highest BCUT2D eigenvalue weighted by atomic mass is 79.9. The van der Waals surface area contributed by atoms with Gasteiger partial charge in [-0.15, -0.1) is 11.8 Å². The van der Waals surface area contributed by atoms with Gasteiger partial charge in [-0.25, -0.2) is 0 Å². The Balaban J connectivity index is 1.93. The number of amides is 2. The molecule has 2 amide bonds. The Morgan fingerprint density at radius 3 is 2.64 bits per heavy atom. The van der Waals surface area contributed by atoms with E-state index in [1.54, 1.807) is 11.9 Å². The fourth-order valence-electron chi connectivity index (χ4n) is 2.25. The highest BCUT2D eigenvalue weighted by Gasteiger charge is 2.08. The fraction of sp³-hybridized carbons (Fsp3) is 0.263. The Morgan fingerprint density at radius 1 is 1.20 bits per heavy atom. The summed E-state index contributed by atoms with van der Waals surface area (Å²) < 4.78 is 1.03. The monoisotopic (exact) mass is 420 g/mol. The van der Waals surface area contributed by atoms with Gasteiger partial charge >= 0.3 is 0 Å². The van der Waals surface area contributed by atoms with Gasteiger partial charge < -0.3 is 10.2 Å². The topological polar surface area (TPSA) is 49.4 Å². The number of benzene rings is 2. The number of thioether (sulfide) groups is 1. The number of halogens is 1. The highest BCUT2D eigenvalue weighted by Crippen LogP contribution is 2.25. The van der Waals surface area contributed by atoms with Crippen LogP contribution in [-0.2, 0) is 16.1 Å². The molecule has 25 heavy (non-hydrogen) atoms. The number of hydrogen-bond acceptors (Lipinski definition) is 3. The molecule has 0 fully saturated rings. The second-order valence-electron chi connectivity index (χ2n) is 5.82. The molecule has 0 heterocycles. The van der Waals surface area contributed by atoms with Crippen LogP contribution in [0.15, 0.2) is 51.8 Å². The Morgan fingerprint density at radius 2 is 1.96 bits per heavy atom. The number of hydrogen-bond donors (Lipinski definition) is 1. The molecule has 0 aliphatic rings. The Hall–Kier alpha value is -1.79. The van der Waals surface area contributed by atoms with Gasteiger partial charge in [-0.05, 0) is 48.4 Å². The van der Waals surface area contributed by atoms with Crippen LogP contribution in [0.4, 0.5) is 5.69 Å². The van der Waals surface area contributed by atoms with Crippen LogP contribution in [0.25, 0.3) is 0 Å². The van der Waals surface area contributed by atoms with Crippen molar-refractivity contribution in [2.45, 2.75) is 25.3 Å². The summed E-state index contributed by atoms with van der Waals surface area (Å²) in [6.07, 6.45) is 0. The fourth-order valence-corrected chi connectivity index (χ4v) is 3.53. The molecule has 0 unspecified atom stereocenters. The molecule has 0 saturated carbocycles. The quantitative estimate of drug-likeness (QED) is 0.701. The summed E-state index contributed by atoms with van der Waals surface area (Å²) >= 11 is 4.96. The van der Waals surface area contributed by atoms with Gasteiger partial charge in [0.25, 0.3) is 0 Å². The molecule has 0 bridgehead atoms. The van der Waals surface area contributed by atoms with Crippen molar-refractivity contribution < 1.29 is 9.59 Å². The minimum absolute atomic E-state index is 0.00991. The zero-order valence-corrected chi connectivity index (χ0v) is 16.9. The van der Waals surface area contributed by atoms with Gasteiger partial charge in [0.2, 0.25) is 11.8 Å². The lowest BCUT2D eigenvalue weighted by molar-refractivity contribution is -0.128. The number of rotatable bonds is 6. The van der Waals surface area contributed by atoms with Gasteiger partial charge in [0, 0.05) is 35.6 Å². The Labute approximate surface area is 161 Å². The predicted octanol–water partition coefficient (Wildman–Crippen LogP) is 4.47. The van der Waals surface area contributed by atoms with E-state index in [9.17, 15) is 9.59 Å². The highest BCUT2D eigenvalue weighted by molar-refractivity contribution is 9.10. The molecule has 0 aliphatic carbocycles. The van der Waals surface area contributed by atoms with Gasteiger partial charge in [0.15, 0.2) is 0 Å². The average Bonchev–Trinajstić information content (AvgIpc) is 2.54. The second-order valence-corrected chi connectivity index (χ2v) is 7.75. The first-order valence-electron chi connectivity index (χ1n) is 7.84. The largest absolute Gasteiger partial charge is 0.342 e. The smallest absolute Gasteiger partial charge is 0.234 e. The maximum absolute atomic E-state index is 12.2. The van der Waals surface area contributed by atoms with Crippen LogP contribution in [0.2, 0.25) is 0 Å². The Kier molecular flexibility index (Phi) is 7.08. The van der Waals surface area contributed by atoms with E-state index in [0.717, 1.165) is 26.2 Å². The summed E-state index contributed by atoms with van der Waals surface area (Å²) in [5, 5.41) is 2.91. The molecule has 0 saturated heterocycles. The molecule has 0 radical (unpaired) electrons. The molecule has 2 aromatic rings. The first kappa shape index (κ1) is 19.5. The first-order valence-corrected chi connectivity index (χ1v) is 9.62. The Bertz CT molecular complexity index is 780. The lowest BCUT2D eigenvalue weighted by Crippen LogP contribution is -2.23. The van der Waals surface area contributed by atoms with Crippen LogP contribution in [0.1, 0.15) is 18.1 Å². The van der Waals surface area contributed by atoms with Crippen molar-refractivity contribution >= 4 is 45.2 Å². The summed E-state index contributed by atoms with van der Waals surface area (Å²) in [4.78, 5) is 26.3. The summed E-state index contributed by atoms with van der Waals surface area (Å²) in [7, 11) is 1.75. The number of nitrogens with zero attached hydrogens (tertiary/aromatic N) is 1. The van der Waals surface area contributed by atoms with Crippen molar-refractivity contribution in [2.75, 3.05) is 18.1 Å². The number of aryl methyl sites for hydroxylation is 1. The van der Waals surface area contributed by atoms with E-state index in [1.165, 1.54) is 18.7 Å². The molecule has 0 aromatic heterocycles. The summed E-state index contributed by atoms with van der Waals surface area (Å²) in [6, 6.07) is 13.6. The van der Waals surface area contributed by atoms with Gasteiger partial charge in [0.05, 0.1) is 5.75 Å². The normalized spacial score (nSPS) is 10.4. The maximum atomic E-state index is 12.2. The summed E-state index contributed by atoms with van der Waals surface area (Å²) in [5.41, 5.74) is 2.86. The van der Waals surface area contributed by atoms with Crippen molar-refractivity contribution in [2.24, 2.45) is 0 Å².